The molecular weight excluding hydrogens is 375 g/mol. The van der Waals surface area contributed by atoms with Crippen molar-refractivity contribution in [1.29, 1.82) is 5.26 Å². The first-order valence-corrected chi connectivity index (χ1v) is 9.13. The van der Waals surface area contributed by atoms with Crippen molar-refractivity contribution in [3.05, 3.63) is 52.1 Å². The van der Waals surface area contributed by atoms with Gasteiger partial charge in [-0.05, 0) is 50.1 Å². The van der Waals surface area contributed by atoms with E-state index in [0.717, 1.165) is 16.7 Å². The summed E-state index contributed by atoms with van der Waals surface area (Å²) in [7, 11) is 0. The second kappa shape index (κ2) is 7.54. The lowest BCUT2D eigenvalue weighted by Crippen LogP contribution is -2.17. The van der Waals surface area contributed by atoms with Gasteiger partial charge >= 0.3 is 0 Å². The highest BCUT2D eigenvalue weighted by atomic mass is 35.5. The molecule has 0 radical (unpaired) electrons. The molecule has 2 N–H and O–H groups in total. The number of carbonyl (C=O) groups is 1. The summed E-state index contributed by atoms with van der Waals surface area (Å²) in [4.78, 5) is 13.6. The topological polar surface area (TPSA) is 69.8 Å². The van der Waals surface area contributed by atoms with E-state index in [2.05, 4.69) is 10.0 Å². The van der Waals surface area contributed by atoms with Crippen molar-refractivity contribution in [2.45, 2.75) is 31.3 Å². The standard InChI is InChI=1S/C18H16ClFN4OS/c1-10(2)23-26-17-14-4-3-7-24(14)16(15(17)19)18(25)22-12-5-6-13(20)11(8-12)9-21/h3-6,8,10,23H,7H2,1-2H3,(H,22,25). The van der Waals surface area contributed by atoms with Crippen LogP contribution in [0.15, 0.2) is 29.2 Å². The smallest absolute Gasteiger partial charge is 0.273 e. The Bertz CT molecular complexity index is 946. The number of rotatable bonds is 5. The first-order valence-electron chi connectivity index (χ1n) is 7.94. The van der Waals surface area contributed by atoms with Gasteiger partial charge in [0.1, 0.15) is 17.6 Å². The molecule has 1 amide bonds. The highest BCUT2D eigenvalue weighted by Crippen LogP contribution is 2.38. The molecule has 0 aliphatic carbocycles. The average molecular weight is 391 g/mol. The van der Waals surface area contributed by atoms with Gasteiger partial charge in [0.2, 0.25) is 0 Å². The Morgan fingerprint density at radius 2 is 2.23 bits per heavy atom. The summed E-state index contributed by atoms with van der Waals surface area (Å²) in [5, 5.41) is 12.0. The van der Waals surface area contributed by atoms with Crippen LogP contribution >= 0.6 is 23.5 Å². The molecule has 1 aliphatic rings. The molecule has 3 rings (SSSR count). The van der Waals surface area contributed by atoms with Crippen molar-refractivity contribution >= 4 is 41.2 Å². The van der Waals surface area contributed by atoms with Crippen molar-refractivity contribution in [2.24, 2.45) is 0 Å². The number of nitrogens with zero attached hydrogens (tertiary/aromatic N) is 2. The van der Waals surface area contributed by atoms with Crippen LogP contribution in [-0.2, 0) is 6.54 Å². The molecule has 1 aromatic carbocycles. The van der Waals surface area contributed by atoms with Gasteiger partial charge in [0.25, 0.3) is 5.91 Å². The highest BCUT2D eigenvalue weighted by molar-refractivity contribution is 7.97. The quantitative estimate of drug-likeness (QED) is 0.740. The first-order chi connectivity index (χ1) is 12.4. The van der Waals surface area contributed by atoms with E-state index in [1.807, 2.05) is 30.6 Å². The predicted molar refractivity (Wildman–Crippen MR) is 102 cm³/mol. The molecule has 5 nitrogen and oxygen atoms in total. The lowest BCUT2D eigenvalue weighted by Gasteiger charge is -2.09. The van der Waals surface area contributed by atoms with Crippen molar-refractivity contribution in [3.8, 4) is 6.07 Å². The van der Waals surface area contributed by atoms with Crippen LogP contribution in [-0.4, -0.2) is 16.5 Å². The molecule has 1 aliphatic heterocycles. The minimum absolute atomic E-state index is 0.131. The molecule has 134 valence electrons. The number of aromatic nitrogens is 1. The molecule has 26 heavy (non-hydrogen) atoms. The third-order valence-corrected chi connectivity index (χ3v) is 5.41. The van der Waals surface area contributed by atoms with Crippen LogP contribution < -0.4 is 10.0 Å². The number of hydrogen-bond acceptors (Lipinski definition) is 4. The number of carbonyl (C=O) groups excluding carboxylic acids is 1. The average Bonchev–Trinajstić information content (AvgIpc) is 3.14. The lowest BCUT2D eigenvalue weighted by atomic mass is 10.2. The van der Waals surface area contributed by atoms with Gasteiger partial charge in [-0.2, -0.15) is 5.26 Å². The molecule has 1 aromatic heterocycles. The van der Waals surface area contributed by atoms with Gasteiger partial charge in [-0.3, -0.25) is 9.52 Å². The zero-order chi connectivity index (χ0) is 18.8. The van der Waals surface area contributed by atoms with Crippen LogP contribution in [0, 0.1) is 17.1 Å². The Morgan fingerprint density at radius 1 is 1.46 bits per heavy atom. The molecule has 0 atom stereocenters. The summed E-state index contributed by atoms with van der Waals surface area (Å²) in [5.74, 6) is -1.04. The maximum atomic E-state index is 13.4. The summed E-state index contributed by atoms with van der Waals surface area (Å²) in [6, 6.07) is 5.85. The number of hydrogen-bond donors (Lipinski definition) is 2. The Kier molecular flexibility index (Phi) is 5.37. The molecule has 8 heteroatoms. The molecule has 0 spiro atoms. The van der Waals surface area contributed by atoms with Gasteiger partial charge in [-0.15, -0.1) is 0 Å². The van der Waals surface area contributed by atoms with Gasteiger partial charge in [0.05, 0.1) is 21.2 Å². The van der Waals surface area contributed by atoms with Crippen molar-refractivity contribution in [2.75, 3.05) is 5.32 Å². The van der Waals surface area contributed by atoms with E-state index in [-0.39, 0.29) is 11.6 Å². The third-order valence-electron chi connectivity index (χ3n) is 3.72. The lowest BCUT2D eigenvalue weighted by molar-refractivity contribution is 0.101. The normalized spacial score (nSPS) is 12.3. The number of allylic oxidation sites excluding steroid dienone is 1. The first kappa shape index (κ1) is 18.5. The number of fused-ring (bicyclic) bond motifs is 1. The second-order valence-electron chi connectivity index (χ2n) is 6.03. The molecule has 0 bridgehead atoms. The second-order valence-corrected chi connectivity index (χ2v) is 7.25. The predicted octanol–water partition coefficient (Wildman–Crippen LogP) is 4.44. The van der Waals surface area contributed by atoms with E-state index in [0.29, 0.717) is 22.9 Å². The minimum Gasteiger partial charge on any atom is -0.331 e. The van der Waals surface area contributed by atoms with Crippen LogP contribution in [0.3, 0.4) is 0 Å². The van der Waals surface area contributed by atoms with Gasteiger partial charge in [-0.25, -0.2) is 4.39 Å². The maximum absolute atomic E-state index is 13.4. The van der Waals surface area contributed by atoms with Crippen molar-refractivity contribution < 1.29 is 9.18 Å². The summed E-state index contributed by atoms with van der Waals surface area (Å²) in [6.45, 7) is 4.58. The van der Waals surface area contributed by atoms with Gasteiger partial charge < -0.3 is 9.88 Å². The zero-order valence-electron chi connectivity index (χ0n) is 14.1. The van der Waals surface area contributed by atoms with Gasteiger partial charge in [0.15, 0.2) is 0 Å². The number of halogens is 2. The van der Waals surface area contributed by atoms with Crippen LogP contribution in [0.2, 0.25) is 5.02 Å². The van der Waals surface area contributed by atoms with Crippen molar-refractivity contribution in [3.63, 3.8) is 0 Å². The zero-order valence-corrected chi connectivity index (χ0v) is 15.7. The Labute approximate surface area is 160 Å². The third kappa shape index (κ3) is 3.49. The molecule has 2 aromatic rings. The molecule has 2 heterocycles. The van der Waals surface area contributed by atoms with E-state index in [4.69, 9.17) is 16.9 Å². The fourth-order valence-corrected chi connectivity index (χ4v) is 3.80. The molecule has 0 saturated heterocycles. The Hall–Kier alpha value is -2.27. The molecule has 0 unspecified atom stereocenters. The number of amides is 1. The van der Waals surface area contributed by atoms with Crippen LogP contribution in [0.25, 0.3) is 6.08 Å². The molecular formula is C18H16ClFN4OS. The molecule has 0 fully saturated rings. The summed E-state index contributed by atoms with van der Waals surface area (Å²) < 4.78 is 18.5. The van der Waals surface area contributed by atoms with E-state index in [1.54, 1.807) is 6.07 Å². The monoisotopic (exact) mass is 390 g/mol. The van der Waals surface area contributed by atoms with E-state index < -0.39 is 11.7 Å². The van der Waals surface area contributed by atoms with Crippen molar-refractivity contribution in [1.82, 2.24) is 9.29 Å². The van der Waals surface area contributed by atoms with Gasteiger partial charge in [-0.1, -0.05) is 17.7 Å². The summed E-state index contributed by atoms with van der Waals surface area (Å²) in [5.41, 5.74) is 1.41. The number of nitriles is 1. The number of nitrogens with one attached hydrogen (secondary N) is 2. The SMILES string of the molecule is CC(C)NSc1c(Cl)c(C(=O)Nc2ccc(F)c(C#N)c2)n2c1C=CC2. The Morgan fingerprint density at radius 3 is 2.92 bits per heavy atom. The summed E-state index contributed by atoms with van der Waals surface area (Å²) in [6.07, 6.45) is 3.88. The maximum Gasteiger partial charge on any atom is 0.273 e. The minimum atomic E-state index is -0.630. The highest BCUT2D eigenvalue weighted by Gasteiger charge is 2.27. The van der Waals surface area contributed by atoms with Crippen LogP contribution in [0.5, 0.6) is 0 Å². The largest absolute Gasteiger partial charge is 0.331 e. The van der Waals surface area contributed by atoms with Crippen LogP contribution in [0.1, 0.15) is 35.6 Å². The Balaban J connectivity index is 1.91. The van der Waals surface area contributed by atoms with Crippen LogP contribution in [0.4, 0.5) is 10.1 Å². The van der Waals surface area contributed by atoms with Gasteiger partial charge in [0, 0.05) is 18.3 Å². The fourth-order valence-electron chi connectivity index (χ4n) is 2.58. The van der Waals surface area contributed by atoms with E-state index >= 15 is 0 Å². The van der Waals surface area contributed by atoms with E-state index in [9.17, 15) is 9.18 Å². The number of benzene rings is 1. The number of anilines is 1. The summed E-state index contributed by atoms with van der Waals surface area (Å²) >= 11 is 7.87. The molecule has 0 saturated carbocycles. The fraction of sp³-hybridized carbons (Fsp3) is 0.222. The van der Waals surface area contributed by atoms with E-state index in [1.165, 1.54) is 24.1 Å².